The molecule has 1 amide bonds. The van der Waals surface area contributed by atoms with E-state index in [1.807, 2.05) is 0 Å². The van der Waals surface area contributed by atoms with E-state index in [2.05, 4.69) is 34.6 Å². The number of aliphatic hydroxyl groups is 1. The second kappa shape index (κ2) is 30.7. The second-order valence-electron chi connectivity index (χ2n) is 24.1. The third-order valence-corrected chi connectivity index (χ3v) is 19.9. The summed E-state index contributed by atoms with van der Waals surface area (Å²) in [5.74, 6) is 4.41. The molecule has 0 spiro atoms. The highest BCUT2D eigenvalue weighted by Crippen LogP contribution is 2.73. The van der Waals surface area contributed by atoms with Gasteiger partial charge in [0.05, 0.1) is 6.10 Å². The van der Waals surface area contributed by atoms with Crippen LogP contribution >= 0.6 is 0 Å². The van der Waals surface area contributed by atoms with E-state index in [1.54, 1.807) is 0 Å². The first-order chi connectivity index (χ1) is 30.6. The van der Waals surface area contributed by atoms with Crippen molar-refractivity contribution in [2.75, 3.05) is 0 Å². The number of nitrogens with two attached hydrogens (primary N) is 1. The first-order valence-electron chi connectivity index (χ1n) is 29.6. The summed E-state index contributed by atoms with van der Waals surface area (Å²) in [4.78, 5) is 11.8. The summed E-state index contributed by atoms with van der Waals surface area (Å²) < 4.78 is 0. The first kappa shape index (κ1) is 55.0. The van der Waals surface area contributed by atoms with Crippen molar-refractivity contribution < 1.29 is 9.90 Å². The number of hydrogen-bond acceptors (Lipinski definition) is 2. The van der Waals surface area contributed by atoms with Gasteiger partial charge in [0.1, 0.15) is 0 Å². The van der Waals surface area contributed by atoms with E-state index in [1.165, 1.54) is 257 Å². The minimum absolute atomic E-state index is 0.0995. The lowest BCUT2D eigenvalue weighted by Crippen LogP contribution is -2.62. The average molecular weight is 881 g/mol. The lowest BCUT2D eigenvalue weighted by atomic mass is 9.37. The fourth-order valence-corrected chi connectivity index (χ4v) is 16.1. The molecular formula is C60H113NO2. The third-order valence-electron chi connectivity index (χ3n) is 19.9. The Labute approximate surface area is 395 Å². The number of hydrogen-bond donors (Lipinski definition) is 2. The number of unbranched alkanes of at least 4 members (excludes halogenated alkanes) is 30. The van der Waals surface area contributed by atoms with Crippen LogP contribution in [-0.4, -0.2) is 17.1 Å². The Hall–Kier alpha value is -0.570. The van der Waals surface area contributed by atoms with Crippen molar-refractivity contribution in [3.05, 3.63) is 0 Å². The minimum Gasteiger partial charge on any atom is -0.393 e. The van der Waals surface area contributed by atoms with Crippen molar-refractivity contribution in [3.8, 4) is 0 Å². The topological polar surface area (TPSA) is 63.3 Å². The molecule has 0 aromatic rings. The monoisotopic (exact) mass is 880 g/mol. The summed E-state index contributed by atoms with van der Waals surface area (Å²) in [7, 11) is 0. The van der Waals surface area contributed by atoms with Gasteiger partial charge in [0.25, 0.3) is 0 Å². The summed E-state index contributed by atoms with van der Waals surface area (Å²) in [6.45, 7) is 12.6. The number of carbonyl (C=O) groups is 1. The normalized spacial score (nSPS) is 29.3. The van der Waals surface area contributed by atoms with E-state index in [9.17, 15) is 9.90 Å². The molecular weight excluding hydrogens is 767 g/mol. The SMILES string of the molecule is CCCCCCCCCCCCCCCCCCC1(CCCCCCCCCCCCCCCCCC)C[C@@H](O)C[C@H]2CC[C@H]3[C@@H]4CC[C@H]([C@H](C)CCC(N)=O)[C@@]4(C)CC[C@@H]3[C@]21C. The predicted octanol–water partition coefficient (Wildman–Crippen LogP) is 18.8. The number of fused-ring (bicyclic) bond motifs is 5. The van der Waals surface area contributed by atoms with Crippen LogP contribution in [0.2, 0.25) is 0 Å². The molecule has 4 rings (SSSR count). The van der Waals surface area contributed by atoms with Gasteiger partial charge in [0, 0.05) is 6.42 Å². The van der Waals surface area contributed by atoms with Crippen molar-refractivity contribution in [1.82, 2.24) is 0 Å². The Bertz CT molecular complexity index is 1130. The standard InChI is InChI=1S/C60H113NO2/c1-6-8-10-12-14-16-18-20-22-24-26-28-30-32-34-36-45-60(46-37-35-33-31-29-27-25-23-21-19-17-15-13-11-9-7-2)49-52(62)48-51-39-40-53-55-42-41-54(50(3)38-43-57(61)63)58(55,4)47-44-56(53)59(51,60)5/h50-56,62H,6-49H2,1-5H3,(H2,61,63)/t50-,51-,52+,53+,54-,55+,56+,58-,59+/m1/s1. The van der Waals surface area contributed by atoms with E-state index in [0.29, 0.717) is 34.5 Å². The predicted molar refractivity (Wildman–Crippen MR) is 275 cm³/mol. The summed E-state index contributed by atoms with van der Waals surface area (Å²) >= 11 is 0. The molecule has 9 atom stereocenters. The van der Waals surface area contributed by atoms with Gasteiger partial charge in [-0.2, -0.15) is 0 Å². The van der Waals surface area contributed by atoms with Crippen molar-refractivity contribution in [2.45, 2.75) is 323 Å². The minimum atomic E-state index is -0.124. The van der Waals surface area contributed by atoms with E-state index >= 15 is 0 Å². The van der Waals surface area contributed by atoms with Gasteiger partial charge >= 0.3 is 0 Å². The Kier molecular flexibility index (Phi) is 26.8. The van der Waals surface area contributed by atoms with Crippen LogP contribution < -0.4 is 5.73 Å². The van der Waals surface area contributed by atoms with Crippen LogP contribution in [0.25, 0.3) is 0 Å². The van der Waals surface area contributed by atoms with Crippen LogP contribution in [0.4, 0.5) is 0 Å². The number of aliphatic hydroxyl groups excluding tert-OH is 1. The van der Waals surface area contributed by atoms with Crippen molar-refractivity contribution in [2.24, 2.45) is 57.5 Å². The zero-order chi connectivity index (χ0) is 45.2. The molecule has 3 heteroatoms. The molecule has 4 aliphatic rings. The second-order valence-corrected chi connectivity index (χ2v) is 24.1. The fraction of sp³-hybridized carbons (Fsp3) is 0.983. The Balaban J connectivity index is 1.29. The molecule has 4 saturated carbocycles. The molecule has 0 saturated heterocycles. The molecule has 0 unspecified atom stereocenters. The van der Waals surface area contributed by atoms with Crippen LogP contribution in [0.1, 0.15) is 317 Å². The van der Waals surface area contributed by atoms with Crippen LogP contribution in [-0.2, 0) is 4.79 Å². The summed E-state index contributed by atoms with van der Waals surface area (Å²) in [5, 5.41) is 11.8. The fourth-order valence-electron chi connectivity index (χ4n) is 16.1. The van der Waals surface area contributed by atoms with Crippen LogP contribution in [0.5, 0.6) is 0 Å². The smallest absolute Gasteiger partial charge is 0.217 e. The van der Waals surface area contributed by atoms with E-state index in [4.69, 9.17) is 5.73 Å². The average Bonchev–Trinajstić information content (AvgIpc) is 3.63. The first-order valence-corrected chi connectivity index (χ1v) is 29.6. The maximum Gasteiger partial charge on any atom is 0.217 e. The molecule has 4 aliphatic carbocycles. The zero-order valence-electron chi connectivity index (χ0n) is 43.6. The lowest BCUT2D eigenvalue weighted by Gasteiger charge is -2.68. The molecule has 3 N–H and O–H groups in total. The van der Waals surface area contributed by atoms with Crippen molar-refractivity contribution in [3.63, 3.8) is 0 Å². The molecule has 0 aliphatic heterocycles. The third kappa shape index (κ3) is 17.2. The van der Waals surface area contributed by atoms with Crippen LogP contribution in [0.3, 0.4) is 0 Å². The quantitative estimate of drug-likeness (QED) is 0.0607. The molecule has 0 heterocycles. The van der Waals surface area contributed by atoms with E-state index in [0.717, 1.165) is 42.9 Å². The number of primary amides is 1. The highest BCUT2D eigenvalue weighted by Gasteiger charge is 2.66. The van der Waals surface area contributed by atoms with Crippen LogP contribution in [0.15, 0.2) is 0 Å². The summed E-state index contributed by atoms with van der Waals surface area (Å²) in [5.41, 5.74) is 6.73. The van der Waals surface area contributed by atoms with Gasteiger partial charge in [-0.3, -0.25) is 4.79 Å². The zero-order valence-corrected chi connectivity index (χ0v) is 43.6. The highest BCUT2D eigenvalue weighted by molar-refractivity contribution is 5.73. The van der Waals surface area contributed by atoms with Gasteiger partial charge in [0.15, 0.2) is 0 Å². The maximum atomic E-state index is 11.8. The molecule has 4 fully saturated rings. The van der Waals surface area contributed by atoms with E-state index in [-0.39, 0.29) is 12.0 Å². The van der Waals surface area contributed by atoms with Gasteiger partial charge in [-0.05, 0) is 122 Å². The van der Waals surface area contributed by atoms with Gasteiger partial charge < -0.3 is 10.8 Å². The Morgan fingerprint density at radius 1 is 0.556 bits per heavy atom. The van der Waals surface area contributed by atoms with Gasteiger partial charge in [-0.1, -0.05) is 240 Å². The number of rotatable bonds is 38. The maximum absolute atomic E-state index is 11.8. The number of amides is 1. The number of carbonyl (C=O) groups excluding carboxylic acids is 1. The van der Waals surface area contributed by atoms with Gasteiger partial charge in [-0.25, -0.2) is 0 Å². The lowest BCUT2D eigenvalue weighted by molar-refractivity contribution is -0.205. The summed E-state index contributed by atoms with van der Waals surface area (Å²) in [6.07, 6.45) is 60.4. The molecule has 63 heavy (non-hydrogen) atoms. The molecule has 370 valence electrons. The highest BCUT2D eigenvalue weighted by atomic mass is 16.3. The Morgan fingerprint density at radius 2 is 0.968 bits per heavy atom. The van der Waals surface area contributed by atoms with Gasteiger partial charge in [0.2, 0.25) is 5.91 Å². The van der Waals surface area contributed by atoms with Crippen molar-refractivity contribution in [1.29, 1.82) is 0 Å². The largest absolute Gasteiger partial charge is 0.393 e. The molecule has 0 radical (unpaired) electrons. The molecule has 0 aromatic heterocycles. The molecule has 3 nitrogen and oxygen atoms in total. The molecule has 0 bridgehead atoms. The van der Waals surface area contributed by atoms with Crippen molar-refractivity contribution >= 4 is 5.91 Å². The van der Waals surface area contributed by atoms with E-state index < -0.39 is 0 Å². The van der Waals surface area contributed by atoms with Crippen LogP contribution in [0, 0.1) is 51.8 Å². The molecule has 0 aromatic carbocycles. The van der Waals surface area contributed by atoms with Gasteiger partial charge in [-0.15, -0.1) is 0 Å². The Morgan fingerprint density at radius 3 is 1.38 bits per heavy atom. The summed E-state index contributed by atoms with van der Waals surface area (Å²) in [6, 6.07) is 0.